The molecule has 0 spiro atoms. The van der Waals surface area contributed by atoms with Crippen LogP contribution in [0.4, 0.5) is 0 Å². The highest BCUT2D eigenvalue weighted by Gasteiger charge is 2.18. The minimum Gasteiger partial charge on any atom is -0.302 e. The average Bonchev–Trinajstić information content (AvgIpc) is 2.94. The van der Waals surface area contributed by atoms with Crippen LogP contribution in [-0.2, 0) is 6.54 Å². The van der Waals surface area contributed by atoms with Gasteiger partial charge in [-0.15, -0.1) is 11.3 Å². The number of aromatic nitrogens is 2. The predicted octanol–water partition coefficient (Wildman–Crippen LogP) is 3.38. The lowest BCUT2D eigenvalue weighted by atomic mass is 10.0. The maximum Gasteiger partial charge on any atom is 0.329 e. The molecule has 0 aliphatic rings. The molecule has 3 rings (SSSR count). The molecule has 5 nitrogen and oxygen atoms in total. The molecule has 0 saturated heterocycles. The summed E-state index contributed by atoms with van der Waals surface area (Å²) in [5.41, 5.74) is 2.60. The largest absolute Gasteiger partial charge is 0.329 e. The Morgan fingerprint density at radius 2 is 1.73 bits per heavy atom. The van der Waals surface area contributed by atoms with Crippen LogP contribution in [-0.4, -0.2) is 34.1 Å². The fourth-order valence-corrected chi connectivity index (χ4v) is 4.34. The van der Waals surface area contributed by atoms with Crippen molar-refractivity contribution < 1.29 is 0 Å². The van der Waals surface area contributed by atoms with Crippen molar-refractivity contribution in [2.75, 3.05) is 19.6 Å². The van der Waals surface area contributed by atoms with Gasteiger partial charge in [-0.05, 0) is 32.5 Å². The Bertz CT molecular complexity index is 1020. The topological polar surface area (TPSA) is 58.1 Å². The molecule has 3 aromatic rings. The summed E-state index contributed by atoms with van der Waals surface area (Å²) < 4.78 is 1.34. The number of benzene rings is 1. The lowest BCUT2D eigenvalue weighted by Crippen LogP contribution is -2.39. The number of hydrogen-bond acceptors (Lipinski definition) is 4. The van der Waals surface area contributed by atoms with Crippen molar-refractivity contribution in [2.24, 2.45) is 0 Å². The summed E-state index contributed by atoms with van der Waals surface area (Å²) in [7, 11) is 0. The van der Waals surface area contributed by atoms with E-state index in [1.807, 2.05) is 38.1 Å². The van der Waals surface area contributed by atoms with Crippen LogP contribution in [0.15, 0.2) is 33.9 Å². The normalized spacial score (nSPS) is 11.6. The number of hydrogen-bond donors (Lipinski definition) is 1. The molecule has 6 heteroatoms. The SMILES string of the molecule is CCN(CC)CCn1c(=O)[nH]c2sc(C)c(-c3ccc(C)cc3)c2c1=O. The number of likely N-dealkylation sites (N-methyl/N-ethyl adjacent to an activating group) is 1. The summed E-state index contributed by atoms with van der Waals surface area (Å²) in [6, 6.07) is 8.16. The lowest BCUT2D eigenvalue weighted by Gasteiger charge is -2.18. The summed E-state index contributed by atoms with van der Waals surface area (Å²) in [5, 5.41) is 0.621. The van der Waals surface area contributed by atoms with E-state index in [2.05, 4.69) is 23.7 Å². The Morgan fingerprint density at radius 1 is 1.08 bits per heavy atom. The van der Waals surface area contributed by atoms with Crippen LogP contribution in [0, 0.1) is 13.8 Å². The number of rotatable bonds is 6. The Kier molecular flexibility index (Phi) is 5.44. The maximum atomic E-state index is 13.1. The van der Waals surface area contributed by atoms with Crippen LogP contribution in [0.25, 0.3) is 21.3 Å². The molecule has 2 heterocycles. The zero-order valence-electron chi connectivity index (χ0n) is 15.8. The van der Waals surface area contributed by atoms with Crippen molar-refractivity contribution >= 4 is 21.6 Å². The minimum atomic E-state index is -0.327. The Morgan fingerprint density at radius 3 is 2.35 bits per heavy atom. The Labute approximate surface area is 156 Å². The van der Waals surface area contributed by atoms with E-state index in [0.717, 1.165) is 29.1 Å². The van der Waals surface area contributed by atoms with Gasteiger partial charge in [-0.1, -0.05) is 43.7 Å². The molecule has 0 unspecified atom stereocenters. The van der Waals surface area contributed by atoms with Crippen LogP contribution in [0.5, 0.6) is 0 Å². The van der Waals surface area contributed by atoms with E-state index >= 15 is 0 Å². The lowest BCUT2D eigenvalue weighted by molar-refractivity contribution is 0.287. The van der Waals surface area contributed by atoms with E-state index < -0.39 is 0 Å². The van der Waals surface area contributed by atoms with Crippen LogP contribution < -0.4 is 11.2 Å². The molecule has 0 bridgehead atoms. The number of nitrogens with one attached hydrogen (secondary N) is 1. The number of aromatic amines is 1. The van der Waals surface area contributed by atoms with E-state index in [0.29, 0.717) is 23.3 Å². The second-order valence-electron chi connectivity index (χ2n) is 6.52. The molecule has 1 N–H and O–H groups in total. The third-order valence-corrected chi connectivity index (χ3v) is 5.90. The van der Waals surface area contributed by atoms with Crippen LogP contribution >= 0.6 is 11.3 Å². The van der Waals surface area contributed by atoms with Gasteiger partial charge in [0.25, 0.3) is 5.56 Å². The van der Waals surface area contributed by atoms with Crippen LogP contribution in [0.1, 0.15) is 24.3 Å². The number of H-pyrrole nitrogens is 1. The van der Waals surface area contributed by atoms with Gasteiger partial charge >= 0.3 is 5.69 Å². The number of fused-ring (bicyclic) bond motifs is 1. The van der Waals surface area contributed by atoms with Crippen molar-refractivity contribution in [3.63, 3.8) is 0 Å². The summed E-state index contributed by atoms with van der Waals surface area (Å²) in [6.45, 7) is 11.1. The first-order valence-corrected chi connectivity index (χ1v) is 9.83. The molecule has 0 radical (unpaired) electrons. The monoisotopic (exact) mass is 371 g/mol. The van der Waals surface area contributed by atoms with E-state index in [1.165, 1.54) is 21.5 Å². The smallest absolute Gasteiger partial charge is 0.302 e. The van der Waals surface area contributed by atoms with Crippen molar-refractivity contribution in [1.29, 1.82) is 0 Å². The summed E-state index contributed by atoms with van der Waals surface area (Å²) in [5.74, 6) is 0. The van der Waals surface area contributed by atoms with Crippen molar-refractivity contribution in [3.8, 4) is 11.1 Å². The Hall–Kier alpha value is -2.18. The standard InChI is InChI=1S/C20H25N3O2S/c1-5-22(6-2)11-12-23-19(24)17-16(15-9-7-13(3)8-10-15)14(4)26-18(17)21-20(23)25/h7-10H,5-6,11-12H2,1-4H3,(H,21,25). The number of aryl methyl sites for hydroxylation is 2. The van der Waals surface area contributed by atoms with Gasteiger partial charge in [-0.2, -0.15) is 0 Å². The minimum absolute atomic E-state index is 0.198. The van der Waals surface area contributed by atoms with Crippen LogP contribution in [0.3, 0.4) is 0 Å². The summed E-state index contributed by atoms with van der Waals surface area (Å²) in [4.78, 5) is 32.4. The summed E-state index contributed by atoms with van der Waals surface area (Å²) in [6.07, 6.45) is 0. The molecule has 0 atom stereocenters. The van der Waals surface area contributed by atoms with E-state index in [-0.39, 0.29) is 11.2 Å². The zero-order chi connectivity index (χ0) is 18.8. The van der Waals surface area contributed by atoms with E-state index in [4.69, 9.17) is 0 Å². The fraction of sp³-hybridized carbons (Fsp3) is 0.400. The van der Waals surface area contributed by atoms with Gasteiger partial charge in [0.05, 0.1) is 5.39 Å². The first kappa shape index (κ1) is 18.6. The molecule has 138 valence electrons. The number of nitrogens with zero attached hydrogens (tertiary/aromatic N) is 2. The zero-order valence-corrected chi connectivity index (χ0v) is 16.6. The third-order valence-electron chi connectivity index (χ3n) is 4.88. The highest BCUT2D eigenvalue weighted by molar-refractivity contribution is 7.19. The van der Waals surface area contributed by atoms with E-state index in [9.17, 15) is 9.59 Å². The second-order valence-corrected chi connectivity index (χ2v) is 7.74. The van der Waals surface area contributed by atoms with Crippen molar-refractivity contribution in [2.45, 2.75) is 34.2 Å². The van der Waals surface area contributed by atoms with Gasteiger partial charge in [0.15, 0.2) is 0 Å². The highest BCUT2D eigenvalue weighted by atomic mass is 32.1. The molecule has 0 saturated carbocycles. The summed E-state index contributed by atoms with van der Waals surface area (Å²) >= 11 is 1.47. The molecule has 2 aromatic heterocycles. The molecule has 0 aliphatic carbocycles. The highest BCUT2D eigenvalue weighted by Crippen LogP contribution is 2.35. The first-order chi connectivity index (χ1) is 12.5. The van der Waals surface area contributed by atoms with E-state index in [1.54, 1.807) is 0 Å². The van der Waals surface area contributed by atoms with Gasteiger partial charge in [0, 0.05) is 23.5 Å². The molecule has 0 aliphatic heterocycles. The molecular weight excluding hydrogens is 346 g/mol. The average molecular weight is 372 g/mol. The number of thiophene rings is 1. The molecule has 1 aromatic carbocycles. The van der Waals surface area contributed by atoms with Gasteiger partial charge in [-0.25, -0.2) is 4.79 Å². The van der Waals surface area contributed by atoms with Crippen molar-refractivity contribution in [3.05, 3.63) is 55.5 Å². The van der Waals surface area contributed by atoms with Gasteiger partial charge in [-0.3, -0.25) is 14.3 Å². The second kappa shape index (κ2) is 7.60. The van der Waals surface area contributed by atoms with Crippen LogP contribution in [0.2, 0.25) is 0 Å². The molecule has 0 amide bonds. The third kappa shape index (κ3) is 3.39. The quantitative estimate of drug-likeness (QED) is 0.723. The Balaban J connectivity index is 2.15. The maximum absolute atomic E-state index is 13.1. The molecular formula is C20H25N3O2S. The first-order valence-electron chi connectivity index (χ1n) is 9.01. The molecule has 0 fully saturated rings. The predicted molar refractivity (Wildman–Crippen MR) is 109 cm³/mol. The fourth-order valence-electron chi connectivity index (χ4n) is 3.28. The van der Waals surface area contributed by atoms with Gasteiger partial charge < -0.3 is 4.90 Å². The van der Waals surface area contributed by atoms with Gasteiger partial charge in [0.1, 0.15) is 4.83 Å². The molecule has 26 heavy (non-hydrogen) atoms. The van der Waals surface area contributed by atoms with Gasteiger partial charge in [0.2, 0.25) is 0 Å². The van der Waals surface area contributed by atoms with Crippen molar-refractivity contribution in [1.82, 2.24) is 14.5 Å².